The summed E-state index contributed by atoms with van der Waals surface area (Å²) in [7, 11) is 0. The molecule has 0 spiro atoms. The Morgan fingerprint density at radius 1 is 1.05 bits per heavy atom. The third-order valence-corrected chi connectivity index (χ3v) is 2.02. The Hall–Kier alpha value is -1.30. The molecule has 0 aliphatic carbocycles. The van der Waals surface area contributed by atoms with Crippen LogP contribution in [0.25, 0.3) is 0 Å². The van der Waals surface area contributed by atoms with Crippen molar-refractivity contribution in [2.24, 2.45) is 5.73 Å². The van der Waals surface area contributed by atoms with Crippen LogP contribution in [0, 0.1) is 0 Å². The Kier molecular flexibility index (Phi) is 6.99. The fourth-order valence-electron chi connectivity index (χ4n) is 1.39. The first-order chi connectivity index (χ1) is 8.89. The van der Waals surface area contributed by atoms with E-state index in [0.29, 0.717) is 12.8 Å². The molecule has 6 nitrogen and oxygen atoms in total. The molecule has 0 aliphatic rings. The van der Waals surface area contributed by atoms with Crippen LogP contribution in [-0.4, -0.2) is 29.4 Å². The van der Waals surface area contributed by atoms with Crippen LogP contribution in [0.15, 0.2) is 0 Å². The van der Waals surface area contributed by atoms with Gasteiger partial charge in [0.15, 0.2) is 0 Å². The van der Waals surface area contributed by atoms with E-state index in [1.165, 1.54) is 0 Å². The second-order valence-electron chi connectivity index (χ2n) is 6.73. The first-order valence-corrected chi connectivity index (χ1v) is 6.86. The van der Waals surface area contributed by atoms with E-state index >= 15 is 0 Å². The molecule has 0 aromatic heterocycles. The molecule has 20 heavy (non-hydrogen) atoms. The Morgan fingerprint density at radius 3 is 2.00 bits per heavy atom. The number of esters is 1. The molecule has 1 unspecified atom stereocenters. The number of carbonyl (C=O) groups excluding carboxylic acids is 2. The molecule has 3 N–H and O–H groups in total. The van der Waals surface area contributed by atoms with E-state index in [0.717, 1.165) is 0 Å². The molecule has 6 heteroatoms. The molecule has 0 fully saturated rings. The van der Waals surface area contributed by atoms with E-state index in [9.17, 15) is 9.59 Å². The van der Waals surface area contributed by atoms with Gasteiger partial charge in [0.1, 0.15) is 11.2 Å². The third-order valence-electron chi connectivity index (χ3n) is 2.02. The van der Waals surface area contributed by atoms with Crippen LogP contribution < -0.4 is 11.1 Å². The Balaban J connectivity index is 3.87. The van der Waals surface area contributed by atoms with Gasteiger partial charge in [-0.3, -0.25) is 4.79 Å². The number of ether oxygens (including phenoxy) is 2. The first-order valence-electron chi connectivity index (χ1n) is 6.86. The maximum absolute atomic E-state index is 11.5. The van der Waals surface area contributed by atoms with E-state index in [-0.39, 0.29) is 12.4 Å². The molecule has 118 valence electrons. The lowest BCUT2D eigenvalue weighted by atomic mass is 10.1. The van der Waals surface area contributed by atoms with Crippen molar-refractivity contribution < 1.29 is 19.1 Å². The lowest BCUT2D eigenvalue weighted by Gasteiger charge is -2.22. The minimum atomic E-state index is -0.555. The molecular weight excluding hydrogens is 260 g/mol. The summed E-state index contributed by atoms with van der Waals surface area (Å²) in [6.45, 7) is 10.8. The molecule has 0 rings (SSSR count). The molecule has 0 radical (unpaired) electrons. The van der Waals surface area contributed by atoms with Crippen LogP contribution in [0.4, 0.5) is 4.79 Å². The van der Waals surface area contributed by atoms with Crippen LogP contribution in [0.2, 0.25) is 0 Å². The summed E-state index contributed by atoms with van der Waals surface area (Å²) in [4.78, 5) is 22.9. The highest BCUT2D eigenvalue weighted by atomic mass is 16.6. The summed E-state index contributed by atoms with van der Waals surface area (Å²) in [6, 6.07) is 0. The number of alkyl carbamates (subject to hydrolysis) is 1. The molecular formula is C14H28N2O4. The van der Waals surface area contributed by atoms with Gasteiger partial charge in [-0.25, -0.2) is 4.79 Å². The highest BCUT2D eigenvalue weighted by Crippen LogP contribution is 2.10. The Morgan fingerprint density at radius 2 is 1.55 bits per heavy atom. The van der Waals surface area contributed by atoms with E-state index in [1.807, 2.05) is 20.8 Å². The van der Waals surface area contributed by atoms with Crippen LogP contribution in [0.3, 0.4) is 0 Å². The van der Waals surface area contributed by atoms with Crippen LogP contribution in [0.1, 0.15) is 60.8 Å². The van der Waals surface area contributed by atoms with Crippen molar-refractivity contribution in [1.29, 1.82) is 0 Å². The number of rotatable bonds is 5. The van der Waals surface area contributed by atoms with Gasteiger partial charge < -0.3 is 20.5 Å². The normalized spacial score (nSPS) is 13.6. The van der Waals surface area contributed by atoms with Crippen LogP contribution in [0.5, 0.6) is 0 Å². The van der Waals surface area contributed by atoms with Crippen molar-refractivity contribution in [2.45, 2.75) is 78.2 Å². The van der Waals surface area contributed by atoms with Crippen LogP contribution >= 0.6 is 0 Å². The molecule has 0 aromatic rings. The molecule has 0 bridgehead atoms. The van der Waals surface area contributed by atoms with Crippen LogP contribution in [-0.2, 0) is 14.3 Å². The van der Waals surface area contributed by atoms with Gasteiger partial charge in [0, 0.05) is 6.42 Å². The quantitative estimate of drug-likeness (QED) is 0.598. The van der Waals surface area contributed by atoms with Gasteiger partial charge in [0.05, 0.1) is 6.17 Å². The summed E-state index contributed by atoms with van der Waals surface area (Å²) in [5, 5.41) is 2.52. The zero-order valence-electron chi connectivity index (χ0n) is 13.4. The molecule has 0 aliphatic heterocycles. The number of hydrogen-bond acceptors (Lipinski definition) is 5. The summed E-state index contributed by atoms with van der Waals surface area (Å²) >= 11 is 0. The second kappa shape index (κ2) is 7.47. The van der Waals surface area contributed by atoms with E-state index in [4.69, 9.17) is 15.2 Å². The number of carbonyl (C=O) groups is 2. The molecule has 0 saturated heterocycles. The van der Waals surface area contributed by atoms with Crippen molar-refractivity contribution in [1.82, 2.24) is 5.32 Å². The van der Waals surface area contributed by atoms with Gasteiger partial charge in [-0.1, -0.05) is 0 Å². The molecule has 0 aromatic carbocycles. The highest BCUT2D eigenvalue weighted by molar-refractivity contribution is 5.70. The van der Waals surface area contributed by atoms with Gasteiger partial charge in [-0.05, 0) is 54.4 Å². The van der Waals surface area contributed by atoms with Crippen molar-refractivity contribution in [2.75, 3.05) is 0 Å². The Labute approximate surface area is 121 Å². The zero-order valence-corrected chi connectivity index (χ0v) is 13.4. The van der Waals surface area contributed by atoms with Crippen molar-refractivity contribution >= 4 is 12.1 Å². The maximum Gasteiger partial charge on any atom is 0.408 e. The predicted molar refractivity (Wildman–Crippen MR) is 77.0 cm³/mol. The summed E-state index contributed by atoms with van der Waals surface area (Å²) in [5.74, 6) is -0.262. The number of nitrogens with two attached hydrogens (primary N) is 1. The largest absolute Gasteiger partial charge is 0.460 e. The van der Waals surface area contributed by atoms with Gasteiger partial charge in [-0.2, -0.15) is 0 Å². The number of nitrogens with one attached hydrogen (secondary N) is 1. The predicted octanol–water partition coefficient (Wildman–Crippen LogP) is 2.31. The molecule has 1 atom stereocenters. The first kappa shape index (κ1) is 18.7. The van der Waals surface area contributed by atoms with Gasteiger partial charge in [-0.15, -0.1) is 0 Å². The standard InChI is InChI=1S/C14H28N2O4/c1-13(2,3)19-11(17)9-7-8-10(15)16-12(18)20-14(4,5)6/h10H,7-9,15H2,1-6H3,(H,16,18). The highest BCUT2D eigenvalue weighted by Gasteiger charge is 2.19. The third kappa shape index (κ3) is 11.8. The smallest absolute Gasteiger partial charge is 0.408 e. The fourth-order valence-corrected chi connectivity index (χ4v) is 1.39. The van der Waals surface area contributed by atoms with Crippen molar-refractivity contribution in [3.63, 3.8) is 0 Å². The minimum Gasteiger partial charge on any atom is -0.460 e. The van der Waals surface area contributed by atoms with Crippen molar-refractivity contribution in [3.8, 4) is 0 Å². The van der Waals surface area contributed by atoms with Crippen molar-refractivity contribution in [3.05, 3.63) is 0 Å². The van der Waals surface area contributed by atoms with Gasteiger partial charge in [0.2, 0.25) is 0 Å². The monoisotopic (exact) mass is 288 g/mol. The summed E-state index contributed by atoms with van der Waals surface area (Å²) < 4.78 is 10.3. The number of amides is 1. The molecule has 1 amide bonds. The molecule has 0 heterocycles. The number of hydrogen-bond donors (Lipinski definition) is 2. The summed E-state index contributed by atoms with van der Waals surface area (Å²) in [6.07, 6.45) is 0.222. The SMILES string of the molecule is CC(C)(C)OC(=O)CCCC(N)NC(=O)OC(C)(C)C. The average Bonchev–Trinajstić information content (AvgIpc) is 2.10. The lowest BCUT2D eigenvalue weighted by molar-refractivity contribution is -0.154. The maximum atomic E-state index is 11.5. The van der Waals surface area contributed by atoms with Gasteiger partial charge >= 0.3 is 12.1 Å². The second-order valence-corrected chi connectivity index (χ2v) is 6.73. The van der Waals surface area contributed by atoms with E-state index in [1.54, 1.807) is 20.8 Å². The average molecular weight is 288 g/mol. The lowest BCUT2D eigenvalue weighted by Crippen LogP contribution is -2.44. The van der Waals surface area contributed by atoms with E-state index in [2.05, 4.69) is 5.32 Å². The fraction of sp³-hybridized carbons (Fsp3) is 0.857. The zero-order chi connectivity index (χ0) is 16.0. The topological polar surface area (TPSA) is 90.6 Å². The van der Waals surface area contributed by atoms with E-state index < -0.39 is 23.5 Å². The Bertz CT molecular complexity index is 329. The summed E-state index contributed by atoms with van der Waals surface area (Å²) in [5.41, 5.74) is 4.71. The minimum absolute atomic E-state index is 0.262. The van der Waals surface area contributed by atoms with Gasteiger partial charge in [0.25, 0.3) is 0 Å². The molecule has 0 saturated carbocycles.